The van der Waals surface area contributed by atoms with Gasteiger partial charge < -0.3 is 19.7 Å². The van der Waals surface area contributed by atoms with Crippen LogP contribution in [0.4, 0.5) is 0 Å². The van der Waals surface area contributed by atoms with Crippen molar-refractivity contribution >= 4 is 11.9 Å². The molecule has 0 unspecified atom stereocenters. The minimum absolute atomic E-state index is 0.145. The summed E-state index contributed by atoms with van der Waals surface area (Å²) in [6.07, 6.45) is -0.210. The van der Waals surface area contributed by atoms with Crippen molar-refractivity contribution in [1.29, 1.82) is 0 Å². The van der Waals surface area contributed by atoms with Gasteiger partial charge in [0.1, 0.15) is 5.75 Å². The molecule has 0 fully saturated rings. The minimum atomic E-state index is -0.638. The van der Waals surface area contributed by atoms with Crippen molar-refractivity contribution in [3.8, 4) is 17.2 Å². The second-order valence-corrected chi connectivity index (χ2v) is 3.53. The number of ether oxygens (including phenoxy) is 2. The van der Waals surface area contributed by atoms with Crippen molar-refractivity contribution < 1.29 is 29.3 Å². The molecule has 1 aromatic rings. The Bertz CT molecular complexity index is 466. The molecule has 0 aromatic heterocycles. The highest BCUT2D eigenvalue weighted by Gasteiger charge is 2.17. The molecule has 6 heteroatoms. The number of phenolic OH excluding ortho intramolecular Hbond substituents is 2. The van der Waals surface area contributed by atoms with Gasteiger partial charge in [0.05, 0.1) is 13.0 Å². The molecular weight excluding hydrogens is 240 g/mol. The molecule has 0 spiro atoms. The van der Waals surface area contributed by atoms with Gasteiger partial charge in [0.25, 0.3) is 0 Å². The highest BCUT2D eigenvalue weighted by atomic mass is 16.5. The van der Waals surface area contributed by atoms with Crippen LogP contribution in [0.3, 0.4) is 0 Å². The van der Waals surface area contributed by atoms with Crippen LogP contribution in [0.1, 0.15) is 19.4 Å². The van der Waals surface area contributed by atoms with Crippen molar-refractivity contribution in [2.24, 2.45) is 0 Å². The molecule has 0 aliphatic carbocycles. The first kappa shape index (κ1) is 13.8. The largest absolute Gasteiger partial charge is 0.508 e. The first-order valence-electron chi connectivity index (χ1n) is 5.33. The number of benzene rings is 1. The average Bonchev–Trinajstić information content (AvgIpc) is 2.23. The SMILES string of the molecule is CCOC(=O)Cc1cc(O)cc(O)c1OC(C)=O. The van der Waals surface area contributed by atoms with Gasteiger partial charge in [-0.25, -0.2) is 0 Å². The summed E-state index contributed by atoms with van der Waals surface area (Å²) in [4.78, 5) is 22.2. The molecule has 0 amide bonds. The molecule has 0 heterocycles. The van der Waals surface area contributed by atoms with Crippen LogP contribution in [0.15, 0.2) is 12.1 Å². The molecule has 18 heavy (non-hydrogen) atoms. The Labute approximate surface area is 104 Å². The fraction of sp³-hybridized carbons (Fsp3) is 0.333. The fourth-order valence-corrected chi connectivity index (χ4v) is 1.42. The van der Waals surface area contributed by atoms with Gasteiger partial charge in [-0.05, 0) is 13.0 Å². The van der Waals surface area contributed by atoms with Crippen molar-refractivity contribution in [3.05, 3.63) is 17.7 Å². The minimum Gasteiger partial charge on any atom is -0.508 e. The van der Waals surface area contributed by atoms with E-state index in [0.29, 0.717) is 0 Å². The Morgan fingerprint density at radius 3 is 2.50 bits per heavy atom. The number of rotatable bonds is 4. The second-order valence-electron chi connectivity index (χ2n) is 3.53. The van der Waals surface area contributed by atoms with Crippen LogP contribution in [0.25, 0.3) is 0 Å². The zero-order chi connectivity index (χ0) is 13.7. The highest BCUT2D eigenvalue weighted by Crippen LogP contribution is 2.35. The number of hydrogen-bond acceptors (Lipinski definition) is 6. The topological polar surface area (TPSA) is 93.1 Å². The first-order chi connectivity index (χ1) is 8.43. The number of esters is 2. The van der Waals surface area contributed by atoms with Crippen LogP contribution in [-0.4, -0.2) is 28.8 Å². The molecule has 0 radical (unpaired) electrons. The van der Waals surface area contributed by atoms with Crippen LogP contribution in [0.5, 0.6) is 17.2 Å². The third-order valence-electron chi connectivity index (χ3n) is 2.02. The van der Waals surface area contributed by atoms with Gasteiger partial charge in [0.15, 0.2) is 11.5 Å². The van der Waals surface area contributed by atoms with Gasteiger partial charge >= 0.3 is 11.9 Å². The van der Waals surface area contributed by atoms with Crippen molar-refractivity contribution in [1.82, 2.24) is 0 Å². The zero-order valence-electron chi connectivity index (χ0n) is 10.1. The molecule has 0 saturated heterocycles. The monoisotopic (exact) mass is 254 g/mol. The number of hydrogen-bond donors (Lipinski definition) is 2. The van der Waals surface area contributed by atoms with E-state index in [2.05, 4.69) is 0 Å². The van der Waals surface area contributed by atoms with Gasteiger partial charge in [-0.15, -0.1) is 0 Å². The number of aromatic hydroxyl groups is 2. The molecule has 0 aliphatic rings. The lowest BCUT2D eigenvalue weighted by Gasteiger charge is -2.11. The quantitative estimate of drug-likeness (QED) is 0.618. The van der Waals surface area contributed by atoms with Gasteiger partial charge in [-0.2, -0.15) is 0 Å². The maximum Gasteiger partial charge on any atom is 0.310 e. The Kier molecular flexibility index (Phi) is 4.53. The van der Waals surface area contributed by atoms with E-state index < -0.39 is 17.7 Å². The lowest BCUT2D eigenvalue weighted by Crippen LogP contribution is -2.10. The van der Waals surface area contributed by atoms with E-state index in [-0.39, 0.29) is 30.1 Å². The van der Waals surface area contributed by atoms with Crippen LogP contribution in [-0.2, 0) is 20.7 Å². The normalized spacial score (nSPS) is 9.89. The molecule has 0 bridgehead atoms. The molecule has 0 saturated carbocycles. The van der Waals surface area contributed by atoms with Gasteiger partial charge in [-0.1, -0.05) is 0 Å². The lowest BCUT2D eigenvalue weighted by atomic mass is 10.1. The highest BCUT2D eigenvalue weighted by molar-refractivity contribution is 5.77. The summed E-state index contributed by atoms with van der Waals surface area (Å²) >= 11 is 0. The Hall–Kier alpha value is -2.24. The molecule has 1 aromatic carbocycles. The standard InChI is InChI=1S/C12H14O6/c1-3-17-11(16)5-8-4-9(14)6-10(15)12(8)18-7(2)13/h4,6,14-15H,3,5H2,1-2H3. The predicted octanol–water partition coefficient (Wildman–Crippen LogP) is 1.13. The Morgan fingerprint density at radius 1 is 1.28 bits per heavy atom. The van der Waals surface area contributed by atoms with Gasteiger partial charge in [0.2, 0.25) is 0 Å². The Morgan fingerprint density at radius 2 is 1.94 bits per heavy atom. The molecule has 0 aliphatic heterocycles. The summed E-state index contributed by atoms with van der Waals surface area (Å²) in [6.45, 7) is 3.04. The average molecular weight is 254 g/mol. The van der Waals surface area contributed by atoms with Crippen molar-refractivity contribution in [2.75, 3.05) is 6.61 Å². The number of carbonyl (C=O) groups is 2. The molecule has 98 valence electrons. The number of phenols is 2. The predicted molar refractivity (Wildman–Crippen MR) is 61.4 cm³/mol. The van der Waals surface area contributed by atoms with E-state index in [4.69, 9.17) is 9.47 Å². The summed E-state index contributed by atoms with van der Waals surface area (Å²) in [5.41, 5.74) is 0.182. The summed E-state index contributed by atoms with van der Waals surface area (Å²) in [5, 5.41) is 18.9. The van der Waals surface area contributed by atoms with E-state index in [0.717, 1.165) is 6.07 Å². The first-order valence-corrected chi connectivity index (χ1v) is 5.33. The zero-order valence-corrected chi connectivity index (χ0v) is 10.1. The molecule has 2 N–H and O–H groups in total. The molecular formula is C12H14O6. The third-order valence-corrected chi connectivity index (χ3v) is 2.02. The summed E-state index contributed by atoms with van der Waals surface area (Å²) < 4.78 is 9.55. The van der Waals surface area contributed by atoms with E-state index in [1.165, 1.54) is 13.0 Å². The van der Waals surface area contributed by atoms with E-state index >= 15 is 0 Å². The van der Waals surface area contributed by atoms with Gasteiger partial charge in [-0.3, -0.25) is 9.59 Å². The maximum absolute atomic E-state index is 11.3. The number of carbonyl (C=O) groups excluding carboxylic acids is 2. The Balaban J connectivity index is 3.06. The van der Waals surface area contributed by atoms with Crippen LogP contribution < -0.4 is 4.74 Å². The molecule has 6 nitrogen and oxygen atoms in total. The smallest absolute Gasteiger partial charge is 0.310 e. The maximum atomic E-state index is 11.3. The fourth-order valence-electron chi connectivity index (χ4n) is 1.42. The van der Waals surface area contributed by atoms with Crippen molar-refractivity contribution in [3.63, 3.8) is 0 Å². The van der Waals surface area contributed by atoms with E-state index in [1.807, 2.05) is 0 Å². The van der Waals surface area contributed by atoms with Crippen LogP contribution in [0, 0.1) is 0 Å². The molecule has 0 atom stereocenters. The van der Waals surface area contributed by atoms with Gasteiger partial charge in [0, 0.05) is 18.6 Å². The molecule has 1 rings (SSSR count). The van der Waals surface area contributed by atoms with Crippen LogP contribution >= 0.6 is 0 Å². The lowest BCUT2D eigenvalue weighted by molar-refractivity contribution is -0.142. The van der Waals surface area contributed by atoms with Crippen molar-refractivity contribution in [2.45, 2.75) is 20.3 Å². The summed E-state index contributed by atoms with van der Waals surface area (Å²) in [7, 11) is 0. The van der Waals surface area contributed by atoms with E-state index in [9.17, 15) is 19.8 Å². The summed E-state index contributed by atoms with van der Waals surface area (Å²) in [5.74, 6) is -1.97. The summed E-state index contributed by atoms with van der Waals surface area (Å²) in [6, 6.07) is 2.25. The van der Waals surface area contributed by atoms with Crippen LogP contribution in [0.2, 0.25) is 0 Å². The third kappa shape index (κ3) is 3.65. The second kappa shape index (κ2) is 5.90. The van der Waals surface area contributed by atoms with E-state index in [1.54, 1.807) is 6.92 Å².